The monoisotopic (exact) mass is 308 g/mol. The number of aromatic nitrogens is 2. The molecule has 0 aliphatic carbocycles. The highest BCUT2D eigenvalue weighted by molar-refractivity contribution is 6.17. The Morgan fingerprint density at radius 2 is 1.86 bits per heavy atom. The van der Waals surface area contributed by atoms with E-state index in [1.165, 1.54) is 31.4 Å². The highest BCUT2D eigenvalue weighted by Gasteiger charge is 2.16. The number of nitrogens with zero attached hydrogens (tertiary/aromatic N) is 2. The van der Waals surface area contributed by atoms with Crippen molar-refractivity contribution in [1.82, 2.24) is 9.55 Å². The summed E-state index contributed by atoms with van der Waals surface area (Å²) in [5, 5.41) is 0. The minimum atomic E-state index is -0.404. The van der Waals surface area contributed by atoms with Crippen molar-refractivity contribution < 1.29 is 13.5 Å². The van der Waals surface area contributed by atoms with Gasteiger partial charge in [0.05, 0.1) is 29.7 Å². The molecule has 0 aliphatic rings. The highest BCUT2D eigenvalue weighted by Crippen LogP contribution is 2.30. The molecule has 1 heterocycles. The number of benzene rings is 2. The summed E-state index contributed by atoms with van der Waals surface area (Å²) in [6, 6.07) is 8.46. The maximum atomic E-state index is 13.3. The van der Waals surface area contributed by atoms with Crippen LogP contribution >= 0.6 is 11.6 Å². The Balaban J connectivity index is 2.33. The molecule has 0 N–H and O–H groups in total. The number of hydrogen-bond donors (Lipinski definition) is 0. The molecule has 0 aliphatic heterocycles. The maximum Gasteiger partial charge on any atom is 0.145 e. The minimum Gasteiger partial charge on any atom is -0.494 e. The first-order valence-electron chi connectivity index (χ1n) is 6.21. The van der Waals surface area contributed by atoms with Crippen molar-refractivity contribution in [3.63, 3.8) is 0 Å². The molecule has 3 aromatic rings. The minimum absolute atomic E-state index is 0.136. The molecule has 108 valence electrons. The van der Waals surface area contributed by atoms with Crippen molar-refractivity contribution in [2.45, 2.75) is 5.88 Å². The van der Waals surface area contributed by atoms with Crippen molar-refractivity contribution in [3.8, 4) is 11.4 Å². The van der Waals surface area contributed by atoms with Gasteiger partial charge < -0.3 is 4.74 Å². The van der Waals surface area contributed by atoms with Gasteiger partial charge in [0.2, 0.25) is 0 Å². The van der Waals surface area contributed by atoms with Gasteiger partial charge in [0.15, 0.2) is 0 Å². The van der Waals surface area contributed by atoms with E-state index < -0.39 is 5.82 Å². The number of alkyl halides is 1. The first-order valence-corrected chi connectivity index (χ1v) is 6.74. The second-order valence-corrected chi connectivity index (χ2v) is 4.71. The highest BCUT2D eigenvalue weighted by atomic mass is 35.5. The van der Waals surface area contributed by atoms with Crippen molar-refractivity contribution >= 4 is 22.6 Å². The van der Waals surface area contributed by atoms with Crippen molar-refractivity contribution in [2.75, 3.05) is 7.11 Å². The summed E-state index contributed by atoms with van der Waals surface area (Å²) in [5.74, 6) is 0.238. The maximum absolute atomic E-state index is 13.3. The molecule has 3 rings (SSSR count). The topological polar surface area (TPSA) is 27.1 Å². The van der Waals surface area contributed by atoms with Crippen LogP contribution in [0, 0.1) is 11.6 Å². The second kappa shape index (κ2) is 5.33. The zero-order valence-corrected chi connectivity index (χ0v) is 11.9. The molecular weight excluding hydrogens is 298 g/mol. The van der Waals surface area contributed by atoms with Crippen molar-refractivity contribution in [2.24, 2.45) is 0 Å². The van der Waals surface area contributed by atoms with Crippen LogP contribution in [0.25, 0.3) is 16.7 Å². The summed E-state index contributed by atoms with van der Waals surface area (Å²) in [7, 11) is 1.46. The molecule has 0 saturated carbocycles. The van der Waals surface area contributed by atoms with E-state index in [1.807, 2.05) is 0 Å². The molecule has 3 nitrogen and oxygen atoms in total. The first-order chi connectivity index (χ1) is 10.1. The van der Waals surface area contributed by atoms with Gasteiger partial charge in [-0.3, -0.25) is 4.57 Å². The lowest BCUT2D eigenvalue weighted by Gasteiger charge is -2.12. The molecular formula is C15H11ClF2N2O. The van der Waals surface area contributed by atoms with E-state index in [0.29, 0.717) is 28.3 Å². The van der Waals surface area contributed by atoms with Crippen LogP contribution in [-0.2, 0) is 5.88 Å². The third-order valence-electron chi connectivity index (χ3n) is 3.19. The predicted octanol–water partition coefficient (Wildman–Crippen LogP) is 4.05. The van der Waals surface area contributed by atoms with E-state index in [4.69, 9.17) is 16.3 Å². The number of ether oxygens (including phenoxy) is 1. The SMILES string of the molecule is COc1cc(F)ccc1-n1c(CCl)nc2cc(F)ccc21. The summed E-state index contributed by atoms with van der Waals surface area (Å²) < 4.78 is 33.6. The van der Waals surface area contributed by atoms with E-state index in [-0.39, 0.29) is 11.7 Å². The number of methoxy groups -OCH3 is 1. The number of fused-ring (bicyclic) bond motifs is 1. The molecule has 0 bridgehead atoms. The van der Waals surface area contributed by atoms with E-state index in [0.717, 1.165) is 0 Å². The third-order valence-corrected chi connectivity index (χ3v) is 3.43. The van der Waals surface area contributed by atoms with Gasteiger partial charge in [0, 0.05) is 12.1 Å². The fraction of sp³-hybridized carbons (Fsp3) is 0.133. The number of imidazole rings is 1. The van der Waals surface area contributed by atoms with Crippen molar-refractivity contribution in [1.29, 1.82) is 0 Å². The summed E-state index contributed by atoms with van der Waals surface area (Å²) in [6.45, 7) is 0. The van der Waals surface area contributed by atoms with Gasteiger partial charge in [-0.2, -0.15) is 0 Å². The molecule has 0 unspecified atom stereocenters. The molecule has 0 spiro atoms. The second-order valence-electron chi connectivity index (χ2n) is 4.45. The van der Waals surface area contributed by atoms with Crippen LogP contribution in [0.2, 0.25) is 0 Å². The van der Waals surface area contributed by atoms with E-state index in [1.54, 1.807) is 16.7 Å². The smallest absolute Gasteiger partial charge is 0.145 e. The molecule has 2 aromatic carbocycles. The van der Waals surface area contributed by atoms with E-state index in [2.05, 4.69) is 4.98 Å². The zero-order valence-electron chi connectivity index (χ0n) is 11.1. The Morgan fingerprint density at radius 3 is 2.57 bits per heavy atom. The Hall–Kier alpha value is -2.14. The molecule has 0 atom stereocenters. The average molecular weight is 309 g/mol. The van der Waals surface area contributed by atoms with Crippen LogP contribution in [-0.4, -0.2) is 16.7 Å². The molecule has 0 radical (unpaired) electrons. The summed E-state index contributed by atoms with van der Waals surface area (Å²) in [6.07, 6.45) is 0. The Kier molecular flexibility index (Phi) is 3.51. The summed E-state index contributed by atoms with van der Waals surface area (Å²) in [5.41, 5.74) is 1.76. The van der Waals surface area contributed by atoms with Crippen LogP contribution < -0.4 is 4.74 Å². The van der Waals surface area contributed by atoms with Gasteiger partial charge in [-0.15, -0.1) is 11.6 Å². The Bertz CT molecular complexity index is 817. The molecule has 6 heteroatoms. The van der Waals surface area contributed by atoms with Gasteiger partial charge >= 0.3 is 0 Å². The van der Waals surface area contributed by atoms with Crippen LogP contribution in [0.5, 0.6) is 5.75 Å². The van der Waals surface area contributed by atoms with Crippen LogP contribution in [0.15, 0.2) is 36.4 Å². The lowest BCUT2D eigenvalue weighted by molar-refractivity contribution is 0.409. The number of rotatable bonds is 3. The predicted molar refractivity (Wildman–Crippen MR) is 77.1 cm³/mol. The van der Waals surface area contributed by atoms with Crippen LogP contribution in [0.1, 0.15) is 5.82 Å². The average Bonchev–Trinajstić information content (AvgIpc) is 2.84. The Morgan fingerprint density at radius 1 is 1.14 bits per heavy atom. The normalized spacial score (nSPS) is 11.0. The van der Waals surface area contributed by atoms with E-state index >= 15 is 0 Å². The first kappa shape index (κ1) is 13.8. The zero-order chi connectivity index (χ0) is 15.0. The molecule has 21 heavy (non-hydrogen) atoms. The van der Waals surface area contributed by atoms with Gasteiger partial charge in [0.25, 0.3) is 0 Å². The van der Waals surface area contributed by atoms with Crippen LogP contribution in [0.3, 0.4) is 0 Å². The van der Waals surface area contributed by atoms with Gasteiger partial charge in [-0.1, -0.05) is 0 Å². The largest absolute Gasteiger partial charge is 0.494 e. The van der Waals surface area contributed by atoms with Crippen LogP contribution in [0.4, 0.5) is 8.78 Å². The number of hydrogen-bond acceptors (Lipinski definition) is 2. The summed E-state index contributed by atoms with van der Waals surface area (Å²) >= 11 is 5.93. The fourth-order valence-electron chi connectivity index (χ4n) is 2.30. The summed E-state index contributed by atoms with van der Waals surface area (Å²) in [4.78, 5) is 4.31. The lowest BCUT2D eigenvalue weighted by Crippen LogP contribution is -2.02. The van der Waals surface area contributed by atoms with Gasteiger partial charge in [0.1, 0.15) is 23.2 Å². The lowest BCUT2D eigenvalue weighted by atomic mass is 10.2. The van der Waals surface area contributed by atoms with Crippen molar-refractivity contribution in [3.05, 3.63) is 53.9 Å². The molecule has 0 amide bonds. The molecule has 1 aromatic heterocycles. The van der Waals surface area contributed by atoms with Gasteiger partial charge in [-0.05, 0) is 24.3 Å². The van der Waals surface area contributed by atoms with E-state index in [9.17, 15) is 8.78 Å². The standard InChI is InChI=1S/C15H11ClF2N2O/c1-21-14-7-10(18)3-5-13(14)20-12-4-2-9(17)6-11(12)19-15(20)8-16/h2-7H,8H2,1H3. The fourth-order valence-corrected chi connectivity index (χ4v) is 2.48. The third kappa shape index (κ3) is 2.34. The Labute approximate surface area is 124 Å². The molecule has 0 saturated heterocycles. The molecule has 0 fully saturated rings. The van der Waals surface area contributed by atoms with Gasteiger partial charge in [-0.25, -0.2) is 13.8 Å². The number of halogens is 3. The quantitative estimate of drug-likeness (QED) is 0.683.